The van der Waals surface area contributed by atoms with Crippen molar-refractivity contribution in [2.45, 2.75) is 58.2 Å². The second-order valence-electron chi connectivity index (χ2n) is 16.4. The quantitative estimate of drug-likeness (QED) is 0.0638. The van der Waals surface area contributed by atoms with E-state index < -0.39 is 35.7 Å². The number of hydrogen-bond acceptors (Lipinski definition) is 11. The SMILES string of the molecule is O=C(O)C(Cc1cccc(CN(Cc2[nH]nc3ccc(CC(C(=O)O)C4CCNC4)nc23)Cc2[nH]nc3ccc(CC(C(=O)O)C4CCNC4)nc23)c1)C1CCNC1. The summed E-state index contributed by atoms with van der Waals surface area (Å²) in [5.41, 5.74) is 7.62. The van der Waals surface area contributed by atoms with E-state index in [-0.39, 0.29) is 17.8 Å². The number of aromatic nitrogens is 6. The molecule has 16 nitrogen and oxygen atoms in total. The van der Waals surface area contributed by atoms with Gasteiger partial charge >= 0.3 is 17.9 Å². The lowest BCUT2D eigenvalue weighted by Crippen LogP contribution is -2.28. The molecule has 6 atom stereocenters. The molecule has 306 valence electrons. The number of aliphatic carboxylic acids is 3. The van der Waals surface area contributed by atoms with E-state index in [0.717, 1.165) is 61.4 Å². The molecule has 58 heavy (non-hydrogen) atoms. The van der Waals surface area contributed by atoms with Crippen LogP contribution in [-0.2, 0) is 53.3 Å². The molecule has 4 aromatic heterocycles. The van der Waals surface area contributed by atoms with Gasteiger partial charge in [0.05, 0.1) is 29.1 Å². The maximum Gasteiger partial charge on any atom is 0.307 e. The molecule has 0 aliphatic carbocycles. The summed E-state index contributed by atoms with van der Waals surface area (Å²) >= 11 is 0. The number of nitrogens with one attached hydrogen (secondary N) is 5. The Balaban J connectivity index is 1.08. The monoisotopic (exact) mass is 792 g/mol. The van der Waals surface area contributed by atoms with E-state index in [4.69, 9.17) is 9.97 Å². The molecule has 0 radical (unpaired) electrons. The number of carboxylic acid groups (broad SMARTS) is 3. The van der Waals surface area contributed by atoms with Crippen molar-refractivity contribution in [3.8, 4) is 0 Å². The zero-order valence-corrected chi connectivity index (χ0v) is 32.5. The third-order valence-corrected chi connectivity index (χ3v) is 12.5. The van der Waals surface area contributed by atoms with Gasteiger partial charge < -0.3 is 31.3 Å². The van der Waals surface area contributed by atoms with Crippen molar-refractivity contribution in [1.29, 1.82) is 0 Å². The summed E-state index contributed by atoms with van der Waals surface area (Å²) < 4.78 is 0. The van der Waals surface area contributed by atoms with Crippen molar-refractivity contribution in [3.63, 3.8) is 0 Å². The van der Waals surface area contributed by atoms with Crippen LogP contribution in [0.15, 0.2) is 48.5 Å². The average molecular weight is 793 g/mol. The van der Waals surface area contributed by atoms with E-state index >= 15 is 0 Å². The van der Waals surface area contributed by atoms with Crippen LogP contribution in [0.25, 0.3) is 22.1 Å². The lowest BCUT2D eigenvalue weighted by atomic mass is 9.86. The summed E-state index contributed by atoms with van der Waals surface area (Å²) in [7, 11) is 0. The fraction of sp³-hybridized carbons (Fsp3) is 0.500. The summed E-state index contributed by atoms with van der Waals surface area (Å²) in [5.74, 6) is -3.82. The third-order valence-electron chi connectivity index (χ3n) is 12.5. The van der Waals surface area contributed by atoms with Crippen LogP contribution in [0.2, 0.25) is 0 Å². The molecule has 8 N–H and O–H groups in total. The van der Waals surface area contributed by atoms with Gasteiger partial charge in [-0.2, -0.15) is 10.2 Å². The Hall–Kier alpha value is -5.29. The fourth-order valence-corrected chi connectivity index (χ4v) is 9.28. The Bertz CT molecular complexity index is 2120. The van der Waals surface area contributed by atoms with Gasteiger partial charge in [-0.3, -0.25) is 29.5 Å². The Labute approximate surface area is 335 Å². The smallest absolute Gasteiger partial charge is 0.307 e. The molecule has 3 aliphatic heterocycles. The van der Waals surface area contributed by atoms with Gasteiger partial charge in [-0.05, 0) is 118 Å². The lowest BCUT2D eigenvalue weighted by molar-refractivity contribution is -0.144. The number of aromatic amines is 2. The van der Waals surface area contributed by atoms with E-state index in [1.54, 1.807) is 0 Å². The number of benzene rings is 1. The number of nitrogens with zero attached hydrogens (tertiary/aromatic N) is 5. The Morgan fingerprint density at radius 3 is 1.48 bits per heavy atom. The van der Waals surface area contributed by atoms with Gasteiger partial charge in [0.2, 0.25) is 0 Å². The largest absolute Gasteiger partial charge is 0.481 e. The Kier molecular flexibility index (Phi) is 12.1. The third kappa shape index (κ3) is 9.04. The van der Waals surface area contributed by atoms with Gasteiger partial charge in [-0.25, -0.2) is 9.97 Å². The number of carboxylic acids is 3. The molecular formula is C42H52N10O6. The summed E-state index contributed by atoms with van der Waals surface area (Å²) in [5, 5.41) is 55.8. The maximum absolute atomic E-state index is 12.4. The molecule has 0 amide bonds. The zero-order chi connectivity index (χ0) is 40.2. The highest BCUT2D eigenvalue weighted by atomic mass is 16.4. The average Bonchev–Trinajstić information content (AvgIpc) is 4.07. The first-order chi connectivity index (χ1) is 28.2. The van der Waals surface area contributed by atoms with E-state index in [1.165, 1.54) is 0 Å². The van der Waals surface area contributed by atoms with Crippen molar-refractivity contribution in [1.82, 2.24) is 51.2 Å². The van der Waals surface area contributed by atoms with E-state index in [9.17, 15) is 29.7 Å². The van der Waals surface area contributed by atoms with Crippen LogP contribution in [0.1, 0.15) is 53.2 Å². The highest BCUT2D eigenvalue weighted by Crippen LogP contribution is 2.29. The normalized spacial score (nSPS) is 21.2. The molecule has 7 heterocycles. The molecule has 5 aromatic rings. The molecule has 1 aromatic carbocycles. The van der Waals surface area contributed by atoms with Crippen molar-refractivity contribution in [2.75, 3.05) is 39.3 Å². The number of rotatable bonds is 18. The second kappa shape index (κ2) is 17.7. The second-order valence-corrected chi connectivity index (χ2v) is 16.4. The summed E-state index contributed by atoms with van der Waals surface area (Å²) in [6.07, 6.45) is 3.56. The van der Waals surface area contributed by atoms with Gasteiger partial charge in [0, 0.05) is 43.9 Å². The lowest BCUT2D eigenvalue weighted by Gasteiger charge is -2.23. The summed E-state index contributed by atoms with van der Waals surface area (Å²) in [6.45, 7) is 5.80. The van der Waals surface area contributed by atoms with Crippen molar-refractivity contribution < 1.29 is 29.7 Å². The molecule has 3 aliphatic rings. The van der Waals surface area contributed by atoms with Crippen LogP contribution in [0.5, 0.6) is 0 Å². The first kappa shape index (κ1) is 39.5. The minimum Gasteiger partial charge on any atom is -0.481 e. The van der Waals surface area contributed by atoms with Crippen LogP contribution in [0, 0.1) is 35.5 Å². The highest BCUT2D eigenvalue weighted by molar-refractivity contribution is 5.78. The van der Waals surface area contributed by atoms with Gasteiger partial charge in [-0.15, -0.1) is 0 Å². The van der Waals surface area contributed by atoms with Crippen molar-refractivity contribution in [2.24, 2.45) is 35.5 Å². The first-order valence-corrected chi connectivity index (χ1v) is 20.4. The van der Waals surface area contributed by atoms with Crippen LogP contribution in [-0.4, -0.2) is 108 Å². The topological polar surface area (TPSA) is 234 Å². The number of fused-ring (bicyclic) bond motifs is 2. The molecule has 3 fully saturated rings. The summed E-state index contributed by atoms with van der Waals surface area (Å²) in [6, 6.07) is 15.6. The first-order valence-electron chi connectivity index (χ1n) is 20.4. The van der Waals surface area contributed by atoms with E-state index in [2.05, 4.69) is 47.3 Å². The van der Waals surface area contributed by atoms with Gasteiger partial charge in [0.25, 0.3) is 0 Å². The molecule has 0 bridgehead atoms. The highest BCUT2D eigenvalue weighted by Gasteiger charge is 2.33. The van der Waals surface area contributed by atoms with Crippen LogP contribution in [0.4, 0.5) is 0 Å². The maximum atomic E-state index is 12.4. The molecule has 6 unspecified atom stereocenters. The summed E-state index contributed by atoms with van der Waals surface area (Å²) in [4.78, 5) is 49.2. The van der Waals surface area contributed by atoms with Gasteiger partial charge in [-0.1, -0.05) is 24.3 Å². The van der Waals surface area contributed by atoms with Crippen LogP contribution in [0.3, 0.4) is 0 Å². The van der Waals surface area contributed by atoms with Crippen molar-refractivity contribution in [3.05, 3.63) is 82.4 Å². The number of carbonyl (C=O) groups is 3. The van der Waals surface area contributed by atoms with Crippen molar-refractivity contribution >= 4 is 40.0 Å². The number of pyridine rings is 2. The van der Waals surface area contributed by atoms with E-state index in [1.807, 2.05) is 42.5 Å². The van der Waals surface area contributed by atoms with Gasteiger partial charge in [0.1, 0.15) is 22.1 Å². The van der Waals surface area contributed by atoms with E-state index in [0.29, 0.717) is 92.0 Å². The standard InChI is InChI=1S/C42H52N10O6/c53-40(54)31(26-8-11-43-18-26)15-24-2-1-3-25(14-24)21-52(22-36-38-34(48-50-36)6-4-29(46-38)16-32(41(55)56)27-9-12-44-19-27)23-37-39-35(49-51-37)7-5-30(47-39)17-33(42(57)58)28-10-13-45-20-28/h1-7,14,26-28,31-33,43-45H,8-13,15-23H2,(H,48,50)(H,49,51)(H,53,54)(H,55,56)(H,57,58). The molecule has 8 rings (SSSR count). The Morgan fingerprint density at radius 2 is 1.05 bits per heavy atom. The molecular weight excluding hydrogens is 741 g/mol. The van der Waals surface area contributed by atoms with Crippen LogP contribution >= 0.6 is 0 Å². The van der Waals surface area contributed by atoms with Gasteiger partial charge in [0.15, 0.2) is 0 Å². The number of H-pyrrole nitrogens is 2. The molecule has 0 saturated carbocycles. The minimum atomic E-state index is -0.816. The predicted octanol–water partition coefficient (Wildman–Crippen LogP) is 2.99. The molecule has 0 spiro atoms. The minimum absolute atomic E-state index is 0.0405. The zero-order valence-electron chi connectivity index (χ0n) is 32.5. The molecule has 16 heteroatoms. The number of hydrogen-bond donors (Lipinski definition) is 8. The molecule has 3 saturated heterocycles. The predicted molar refractivity (Wildman–Crippen MR) is 215 cm³/mol. The van der Waals surface area contributed by atoms with Crippen LogP contribution < -0.4 is 16.0 Å². The Morgan fingerprint density at radius 1 is 0.603 bits per heavy atom. The fourth-order valence-electron chi connectivity index (χ4n) is 9.28.